The van der Waals surface area contributed by atoms with Crippen LogP contribution in [0, 0.1) is 5.82 Å². The second-order valence-corrected chi connectivity index (χ2v) is 9.39. The summed E-state index contributed by atoms with van der Waals surface area (Å²) in [6.07, 6.45) is 1.37. The molecule has 37 heavy (non-hydrogen) atoms. The molecule has 1 amide bonds. The van der Waals surface area contributed by atoms with Gasteiger partial charge in [-0.15, -0.1) is 5.10 Å². The van der Waals surface area contributed by atoms with E-state index in [0.29, 0.717) is 73.4 Å². The van der Waals surface area contributed by atoms with E-state index in [4.69, 9.17) is 20.4 Å². The Labute approximate surface area is 213 Å². The molecule has 0 saturated carbocycles. The fourth-order valence-corrected chi connectivity index (χ4v) is 5.01. The maximum absolute atomic E-state index is 15.0. The van der Waals surface area contributed by atoms with Crippen molar-refractivity contribution in [2.24, 2.45) is 0 Å². The lowest BCUT2D eigenvalue weighted by Crippen LogP contribution is -2.51. The number of amides is 1. The zero-order chi connectivity index (χ0) is 25.4. The molecule has 2 N–H and O–H groups in total. The van der Waals surface area contributed by atoms with Crippen LogP contribution in [0.2, 0.25) is 0 Å². The van der Waals surface area contributed by atoms with E-state index in [1.807, 2.05) is 40.1 Å². The van der Waals surface area contributed by atoms with E-state index >= 15 is 0 Å². The summed E-state index contributed by atoms with van der Waals surface area (Å²) in [6.45, 7) is 3.30. The predicted octanol–water partition coefficient (Wildman–Crippen LogP) is 3.09. The normalized spacial score (nSPS) is 18.0. The smallest absolute Gasteiger partial charge is 0.251 e. The Balaban J connectivity index is 1.35. The van der Waals surface area contributed by atoms with Crippen molar-refractivity contribution in [2.45, 2.75) is 25.5 Å². The van der Waals surface area contributed by atoms with Gasteiger partial charge in [-0.1, -0.05) is 42.5 Å². The first-order valence-corrected chi connectivity index (χ1v) is 12.6. The Morgan fingerprint density at radius 3 is 2.51 bits per heavy atom. The molecule has 2 aromatic heterocycles. The topological polar surface area (TPSA) is 102 Å². The van der Waals surface area contributed by atoms with Gasteiger partial charge in [0.2, 0.25) is 5.95 Å². The van der Waals surface area contributed by atoms with Crippen molar-refractivity contribution in [3.8, 4) is 11.3 Å². The van der Waals surface area contributed by atoms with Crippen molar-refractivity contribution in [1.82, 2.24) is 24.6 Å². The first-order valence-electron chi connectivity index (χ1n) is 12.6. The highest BCUT2D eigenvalue weighted by Crippen LogP contribution is 2.34. The Morgan fingerprint density at radius 2 is 1.78 bits per heavy atom. The molecule has 2 aliphatic heterocycles. The van der Waals surface area contributed by atoms with Crippen LogP contribution in [-0.4, -0.2) is 69.4 Å². The molecule has 9 nitrogen and oxygen atoms in total. The lowest BCUT2D eigenvalue weighted by Gasteiger charge is -2.35. The summed E-state index contributed by atoms with van der Waals surface area (Å²) in [7, 11) is 0. The molecule has 2 fully saturated rings. The molecule has 2 aliphatic rings. The minimum atomic E-state index is -0.393. The number of nitrogens with zero attached hydrogens (tertiary/aromatic N) is 6. The van der Waals surface area contributed by atoms with Gasteiger partial charge in [0.05, 0.1) is 17.6 Å². The summed E-state index contributed by atoms with van der Waals surface area (Å²) in [6, 6.07) is 16.4. The highest BCUT2D eigenvalue weighted by Gasteiger charge is 2.31. The second-order valence-electron chi connectivity index (χ2n) is 9.39. The number of piperazine rings is 1. The largest absolute Gasteiger partial charge is 0.383 e. The number of halogens is 1. The SMILES string of the molecule is Nc1c2c(-c3ccccc3F)nc(N3CCN(C(=O)[C@@H]4CCCO4)CC3)nc2nn1Cc1ccccc1. The van der Waals surface area contributed by atoms with Crippen LogP contribution in [0.25, 0.3) is 22.3 Å². The molecule has 0 radical (unpaired) electrons. The Bertz CT molecular complexity index is 1430. The number of aromatic nitrogens is 4. The van der Waals surface area contributed by atoms with Crippen molar-refractivity contribution in [2.75, 3.05) is 43.4 Å². The fraction of sp³-hybridized carbons (Fsp3) is 0.333. The number of nitrogens with two attached hydrogens (primary N) is 1. The van der Waals surface area contributed by atoms with Gasteiger partial charge in [-0.3, -0.25) is 4.79 Å². The Morgan fingerprint density at radius 1 is 1.03 bits per heavy atom. The molecule has 1 atom stereocenters. The third-order valence-electron chi connectivity index (χ3n) is 7.01. The Kier molecular flexibility index (Phi) is 6.17. The summed E-state index contributed by atoms with van der Waals surface area (Å²) in [5.74, 6) is 0.485. The molecule has 10 heteroatoms. The molecule has 2 aromatic carbocycles. The summed E-state index contributed by atoms with van der Waals surface area (Å²) in [5, 5.41) is 5.21. The minimum Gasteiger partial charge on any atom is -0.383 e. The van der Waals surface area contributed by atoms with E-state index in [-0.39, 0.29) is 12.0 Å². The van der Waals surface area contributed by atoms with Crippen molar-refractivity contribution >= 4 is 28.7 Å². The first-order chi connectivity index (χ1) is 18.1. The van der Waals surface area contributed by atoms with Crippen LogP contribution in [0.15, 0.2) is 54.6 Å². The molecular formula is C27H28FN7O2. The second kappa shape index (κ2) is 9.78. The van der Waals surface area contributed by atoms with Crippen molar-refractivity contribution in [1.29, 1.82) is 0 Å². The molecule has 4 aromatic rings. The van der Waals surface area contributed by atoms with Crippen molar-refractivity contribution < 1.29 is 13.9 Å². The van der Waals surface area contributed by atoms with Crippen LogP contribution >= 0.6 is 0 Å². The summed E-state index contributed by atoms with van der Waals surface area (Å²) < 4.78 is 22.2. The molecule has 0 aliphatic carbocycles. The van der Waals surface area contributed by atoms with E-state index in [0.717, 1.165) is 18.4 Å². The van der Waals surface area contributed by atoms with Gasteiger partial charge < -0.3 is 20.3 Å². The van der Waals surface area contributed by atoms with Crippen LogP contribution in [0.5, 0.6) is 0 Å². The number of carbonyl (C=O) groups excluding carboxylic acids is 1. The summed E-state index contributed by atoms with van der Waals surface area (Å²) in [4.78, 5) is 26.2. The number of rotatable bonds is 5. The molecule has 4 heterocycles. The van der Waals surface area contributed by atoms with Gasteiger partial charge in [0.25, 0.3) is 5.91 Å². The maximum atomic E-state index is 15.0. The third kappa shape index (κ3) is 4.48. The zero-order valence-corrected chi connectivity index (χ0v) is 20.4. The van der Waals surface area contributed by atoms with Crippen molar-refractivity contribution in [3.05, 3.63) is 66.0 Å². The lowest BCUT2D eigenvalue weighted by molar-refractivity contribution is -0.141. The van der Waals surface area contributed by atoms with Crippen molar-refractivity contribution in [3.63, 3.8) is 0 Å². The zero-order valence-electron chi connectivity index (χ0n) is 20.4. The summed E-state index contributed by atoms with van der Waals surface area (Å²) in [5.41, 5.74) is 8.74. The van der Waals surface area contributed by atoms with E-state index < -0.39 is 5.82 Å². The molecule has 0 unspecified atom stereocenters. The molecule has 0 bridgehead atoms. The average molecular weight is 502 g/mol. The number of hydrogen-bond donors (Lipinski definition) is 1. The molecule has 2 saturated heterocycles. The molecular weight excluding hydrogens is 473 g/mol. The van der Waals surface area contributed by atoms with Gasteiger partial charge in [0.15, 0.2) is 5.65 Å². The van der Waals surface area contributed by atoms with E-state index in [2.05, 4.69) is 5.10 Å². The number of carbonyl (C=O) groups is 1. The quantitative estimate of drug-likeness (QED) is 0.448. The molecule has 6 rings (SSSR count). The number of nitrogen functional groups attached to an aromatic ring is 1. The van der Waals surface area contributed by atoms with E-state index in [1.54, 1.807) is 22.9 Å². The van der Waals surface area contributed by atoms with Gasteiger partial charge in [0.1, 0.15) is 17.7 Å². The van der Waals surface area contributed by atoms with Crippen LogP contribution in [-0.2, 0) is 16.1 Å². The van der Waals surface area contributed by atoms with Gasteiger partial charge >= 0.3 is 0 Å². The Hall–Kier alpha value is -4.05. The van der Waals surface area contributed by atoms with E-state index in [9.17, 15) is 9.18 Å². The monoisotopic (exact) mass is 501 g/mol. The maximum Gasteiger partial charge on any atom is 0.251 e. The van der Waals surface area contributed by atoms with Crippen LogP contribution in [0.1, 0.15) is 18.4 Å². The number of fused-ring (bicyclic) bond motifs is 1. The number of benzene rings is 2. The van der Waals surface area contributed by atoms with Crippen LogP contribution in [0.3, 0.4) is 0 Å². The van der Waals surface area contributed by atoms with E-state index in [1.165, 1.54) is 6.07 Å². The number of anilines is 2. The van der Waals surface area contributed by atoms with Gasteiger partial charge in [-0.05, 0) is 30.5 Å². The third-order valence-corrected chi connectivity index (χ3v) is 7.01. The predicted molar refractivity (Wildman–Crippen MR) is 138 cm³/mol. The standard InChI is InChI=1S/C27H28FN7O2/c28-20-10-5-4-9-19(20)23-22-24(29)35(17-18-7-2-1-3-8-18)32-25(22)31-27(30-23)34-14-12-33(13-15-34)26(36)21-11-6-16-37-21/h1-5,7-10,21H,6,11-17,29H2/t21-/m0/s1. The van der Waals surface area contributed by atoms with Crippen LogP contribution < -0.4 is 10.6 Å². The fourth-order valence-electron chi connectivity index (χ4n) is 5.01. The molecule has 0 spiro atoms. The first kappa shape index (κ1) is 23.4. The lowest BCUT2D eigenvalue weighted by atomic mass is 10.1. The minimum absolute atomic E-state index is 0.0491. The van der Waals surface area contributed by atoms with Crippen LogP contribution in [0.4, 0.5) is 16.2 Å². The van der Waals surface area contributed by atoms with Gasteiger partial charge in [-0.25, -0.2) is 14.1 Å². The average Bonchev–Trinajstić information content (AvgIpc) is 3.58. The van der Waals surface area contributed by atoms with Gasteiger partial charge in [-0.2, -0.15) is 4.98 Å². The highest BCUT2D eigenvalue weighted by atomic mass is 19.1. The number of ether oxygens (including phenoxy) is 1. The molecule has 190 valence electrons. The van der Waals surface area contributed by atoms with Gasteiger partial charge in [0, 0.05) is 38.3 Å². The highest BCUT2D eigenvalue weighted by molar-refractivity contribution is 5.99. The summed E-state index contributed by atoms with van der Waals surface area (Å²) >= 11 is 0. The number of hydrogen-bond acceptors (Lipinski definition) is 7.